The topological polar surface area (TPSA) is 97.7 Å². The van der Waals surface area contributed by atoms with Gasteiger partial charge in [0.1, 0.15) is 16.8 Å². The maximum absolute atomic E-state index is 9.89. The molecule has 7 nitrogen and oxygen atoms in total. The molecule has 0 spiro atoms. The van der Waals surface area contributed by atoms with Gasteiger partial charge in [0.25, 0.3) is 0 Å². The van der Waals surface area contributed by atoms with E-state index in [2.05, 4.69) is 21.2 Å². The number of nitrogens with zero attached hydrogens (tertiary/aromatic N) is 5. The molecule has 7 heteroatoms. The van der Waals surface area contributed by atoms with E-state index >= 15 is 0 Å². The Bertz CT molecular complexity index is 1290. The zero-order valence-corrected chi connectivity index (χ0v) is 17.7. The van der Waals surface area contributed by atoms with Crippen LogP contribution in [0.25, 0.3) is 34.0 Å². The van der Waals surface area contributed by atoms with Crippen molar-refractivity contribution in [3.63, 3.8) is 0 Å². The van der Waals surface area contributed by atoms with Crippen LogP contribution in [0.4, 0.5) is 0 Å². The van der Waals surface area contributed by atoms with Crippen LogP contribution in [0.5, 0.6) is 0 Å². The van der Waals surface area contributed by atoms with E-state index in [0.717, 1.165) is 28.2 Å². The van der Waals surface area contributed by atoms with Crippen molar-refractivity contribution in [1.29, 1.82) is 5.26 Å². The molecular weight excluding hydrogens is 402 g/mol. The summed E-state index contributed by atoms with van der Waals surface area (Å²) in [6, 6.07) is 18.0. The SMILES string of the molecule is Cc1ncc(-c2ccnc(C3(C#N)CCOCC3)c2)nc1-c1cc(-c2ccccc2)no1.[HH]. The van der Waals surface area contributed by atoms with Gasteiger partial charge >= 0.3 is 0 Å². The van der Waals surface area contributed by atoms with Gasteiger partial charge in [0.15, 0.2) is 5.76 Å². The predicted octanol–water partition coefficient (Wildman–Crippen LogP) is 4.99. The second-order valence-electron chi connectivity index (χ2n) is 7.87. The van der Waals surface area contributed by atoms with Crippen LogP contribution in [0, 0.1) is 18.3 Å². The molecule has 4 aromatic rings. The summed E-state index contributed by atoms with van der Waals surface area (Å²) in [5, 5.41) is 14.1. The van der Waals surface area contributed by atoms with Crippen LogP contribution in [0.15, 0.2) is 65.4 Å². The fourth-order valence-corrected chi connectivity index (χ4v) is 3.95. The lowest BCUT2D eigenvalue weighted by molar-refractivity contribution is 0.0664. The Hall–Kier alpha value is -3.89. The van der Waals surface area contributed by atoms with E-state index in [1.807, 2.05) is 55.5 Å². The lowest BCUT2D eigenvalue weighted by Gasteiger charge is -2.30. The maximum Gasteiger partial charge on any atom is 0.187 e. The molecule has 32 heavy (non-hydrogen) atoms. The molecule has 1 aliphatic heterocycles. The first kappa shape index (κ1) is 20.0. The van der Waals surface area contributed by atoms with Gasteiger partial charge in [-0.3, -0.25) is 9.97 Å². The van der Waals surface area contributed by atoms with Gasteiger partial charge in [-0.05, 0) is 31.9 Å². The molecule has 160 valence electrons. The fourth-order valence-electron chi connectivity index (χ4n) is 3.95. The quantitative estimate of drug-likeness (QED) is 0.454. The fraction of sp³-hybridized carbons (Fsp3) is 0.240. The molecule has 3 aromatic heterocycles. The average Bonchev–Trinajstić information content (AvgIpc) is 3.35. The molecule has 0 saturated carbocycles. The van der Waals surface area contributed by atoms with E-state index in [-0.39, 0.29) is 1.43 Å². The molecule has 0 N–H and O–H groups in total. The van der Waals surface area contributed by atoms with Crippen molar-refractivity contribution < 1.29 is 10.7 Å². The number of pyridine rings is 1. The number of benzene rings is 1. The minimum Gasteiger partial charge on any atom is -0.381 e. The average molecular weight is 425 g/mol. The third-order valence-electron chi connectivity index (χ3n) is 5.87. The van der Waals surface area contributed by atoms with E-state index in [0.29, 0.717) is 43.2 Å². The molecule has 1 aliphatic rings. The summed E-state index contributed by atoms with van der Waals surface area (Å²) in [5.41, 5.74) is 4.75. The molecular formula is C25H23N5O2. The molecule has 5 rings (SSSR count). The molecule has 0 atom stereocenters. The number of aromatic nitrogens is 4. The number of rotatable bonds is 4. The predicted molar refractivity (Wildman–Crippen MR) is 120 cm³/mol. The Kier molecular flexibility index (Phi) is 5.21. The van der Waals surface area contributed by atoms with Gasteiger partial charge < -0.3 is 9.26 Å². The first-order chi connectivity index (χ1) is 15.7. The van der Waals surface area contributed by atoms with Gasteiger partial charge in [0.2, 0.25) is 0 Å². The standard InChI is InChI=1S/C25H21N5O2.H2/c1-17-24(22-14-20(30-32-22)18-5-3-2-4-6-18)29-21(15-28-17)19-7-10-27-23(13-19)25(16-26)8-11-31-12-9-25;/h2-7,10,13-15H,8-9,11-12H2,1H3;1H. The molecule has 0 amide bonds. The number of hydrogen-bond donors (Lipinski definition) is 0. The Morgan fingerprint density at radius 2 is 1.81 bits per heavy atom. The Labute approximate surface area is 187 Å². The van der Waals surface area contributed by atoms with Crippen LogP contribution < -0.4 is 0 Å². The number of nitriles is 1. The van der Waals surface area contributed by atoms with Gasteiger partial charge in [-0.1, -0.05) is 35.5 Å². The largest absolute Gasteiger partial charge is 0.381 e. The lowest BCUT2D eigenvalue weighted by Crippen LogP contribution is -2.33. The molecule has 1 aromatic carbocycles. The first-order valence-corrected chi connectivity index (χ1v) is 10.5. The number of aryl methyl sites for hydroxylation is 1. The molecule has 0 unspecified atom stereocenters. The van der Waals surface area contributed by atoms with Crippen molar-refractivity contribution in [3.05, 3.63) is 72.3 Å². The Morgan fingerprint density at radius 1 is 1.00 bits per heavy atom. The summed E-state index contributed by atoms with van der Waals surface area (Å²) in [7, 11) is 0. The third-order valence-corrected chi connectivity index (χ3v) is 5.87. The maximum atomic E-state index is 9.89. The summed E-state index contributed by atoms with van der Waals surface area (Å²) >= 11 is 0. The van der Waals surface area contributed by atoms with Crippen LogP contribution in [0.3, 0.4) is 0 Å². The first-order valence-electron chi connectivity index (χ1n) is 10.5. The van der Waals surface area contributed by atoms with Crippen molar-refractivity contribution in [2.45, 2.75) is 25.2 Å². The van der Waals surface area contributed by atoms with Gasteiger partial charge in [-0.15, -0.1) is 0 Å². The summed E-state index contributed by atoms with van der Waals surface area (Å²) in [6.07, 6.45) is 4.72. The smallest absolute Gasteiger partial charge is 0.187 e. The van der Waals surface area contributed by atoms with Crippen molar-refractivity contribution in [2.24, 2.45) is 0 Å². The van der Waals surface area contributed by atoms with Gasteiger partial charge in [0, 0.05) is 38.0 Å². The second-order valence-corrected chi connectivity index (χ2v) is 7.87. The minimum absolute atomic E-state index is 0. The van der Waals surface area contributed by atoms with Crippen LogP contribution in [0.2, 0.25) is 0 Å². The van der Waals surface area contributed by atoms with Crippen molar-refractivity contribution in [3.8, 4) is 40.0 Å². The summed E-state index contributed by atoms with van der Waals surface area (Å²) in [5.74, 6) is 0.558. The van der Waals surface area contributed by atoms with Crippen LogP contribution in [-0.2, 0) is 10.2 Å². The van der Waals surface area contributed by atoms with E-state index in [1.165, 1.54) is 0 Å². The molecule has 1 saturated heterocycles. The highest BCUT2D eigenvalue weighted by Gasteiger charge is 2.36. The molecule has 4 heterocycles. The zero-order valence-electron chi connectivity index (χ0n) is 17.7. The van der Waals surface area contributed by atoms with Crippen molar-refractivity contribution in [2.75, 3.05) is 13.2 Å². The molecule has 0 bridgehead atoms. The van der Waals surface area contributed by atoms with Crippen LogP contribution in [-0.4, -0.2) is 33.3 Å². The molecule has 1 fully saturated rings. The zero-order chi connectivity index (χ0) is 22.0. The van der Waals surface area contributed by atoms with E-state index in [1.54, 1.807) is 12.4 Å². The highest BCUT2D eigenvalue weighted by molar-refractivity contribution is 5.68. The highest BCUT2D eigenvalue weighted by Crippen LogP contribution is 2.35. The van der Waals surface area contributed by atoms with E-state index in [4.69, 9.17) is 14.2 Å². The number of hydrogen-bond acceptors (Lipinski definition) is 7. The molecule has 0 radical (unpaired) electrons. The highest BCUT2D eigenvalue weighted by atomic mass is 16.5. The molecule has 0 aliphatic carbocycles. The lowest BCUT2D eigenvalue weighted by atomic mass is 9.78. The van der Waals surface area contributed by atoms with Crippen LogP contribution in [0.1, 0.15) is 25.7 Å². The Balaban J connectivity index is 0.00000259. The summed E-state index contributed by atoms with van der Waals surface area (Å²) in [4.78, 5) is 13.9. The Morgan fingerprint density at radius 3 is 2.59 bits per heavy atom. The van der Waals surface area contributed by atoms with Crippen LogP contribution >= 0.6 is 0 Å². The number of ether oxygens (including phenoxy) is 1. The second kappa shape index (κ2) is 8.33. The summed E-state index contributed by atoms with van der Waals surface area (Å²) in [6.45, 7) is 3.01. The van der Waals surface area contributed by atoms with E-state index in [9.17, 15) is 5.26 Å². The van der Waals surface area contributed by atoms with Crippen molar-refractivity contribution in [1.82, 2.24) is 20.1 Å². The van der Waals surface area contributed by atoms with Gasteiger partial charge in [-0.2, -0.15) is 5.26 Å². The summed E-state index contributed by atoms with van der Waals surface area (Å²) < 4.78 is 11.1. The monoisotopic (exact) mass is 425 g/mol. The van der Waals surface area contributed by atoms with Gasteiger partial charge in [0.05, 0.1) is 29.3 Å². The van der Waals surface area contributed by atoms with Gasteiger partial charge in [-0.25, -0.2) is 4.98 Å². The normalized spacial score (nSPS) is 15.2. The van der Waals surface area contributed by atoms with E-state index < -0.39 is 5.41 Å². The third kappa shape index (κ3) is 3.66. The van der Waals surface area contributed by atoms with Crippen molar-refractivity contribution >= 4 is 0 Å². The minimum atomic E-state index is -0.634.